The Morgan fingerprint density at radius 3 is 2.00 bits per heavy atom. The molecule has 3 nitrogen and oxygen atoms in total. The number of methoxy groups -OCH3 is 2. The predicted octanol–water partition coefficient (Wildman–Crippen LogP) is 5.02. The van der Waals surface area contributed by atoms with Gasteiger partial charge in [-0.05, 0) is 35.4 Å². The van der Waals surface area contributed by atoms with Crippen LogP contribution in [0.25, 0.3) is 33.3 Å². The molecular weight excluding hydrogens is 298 g/mol. The van der Waals surface area contributed by atoms with Crippen LogP contribution in [0.4, 0.5) is 0 Å². The molecule has 2 aliphatic rings. The minimum Gasteiger partial charge on any atom is -0.493 e. The Morgan fingerprint density at radius 2 is 1.33 bits per heavy atom. The summed E-state index contributed by atoms with van der Waals surface area (Å²) in [4.78, 5) is 4.80. The van der Waals surface area contributed by atoms with Crippen LogP contribution < -0.4 is 9.47 Å². The van der Waals surface area contributed by atoms with Crippen molar-refractivity contribution in [2.45, 2.75) is 0 Å². The van der Waals surface area contributed by atoms with E-state index in [1.165, 1.54) is 11.1 Å². The van der Waals surface area contributed by atoms with Crippen LogP contribution in [-0.4, -0.2) is 19.2 Å². The van der Waals surface area contributed by atoms with Gasteiger partial charge in [-0.15, -0.1) is 0 Å². The van der Waals surface area contributed by atoms with Crippen LogP contribution in [-0.2, 0) is 0 Å². The average molecular weight is 315 g/mol. The molecule has 2 aliphatic carbocycles. The fourth-order valence-corrected chi connectivity index (χ4v) is 2.97. The number of ether oxygens (including phenoxy) is 2. The van der Waals surface area contributed by atoms with Crippen LogP contribution >= 0.6 is 0 Å². The number of nitrogens with zero attached hydrogens (tertiary/aromatic N) is 1. The van der Waals surface area contributed by atoms with Gasteiger partial charge in [0.25, 0.3) is 0 Å². The molecule has 4 rings (SSSR count). The highest BCUT2D eigenvalue weighted by Crippen LogP contribution is 2.34. The van der Waals surface area contributed by atoms with Gasteiger partial charge in [-0.1, -0.05) is 36.4 Å². The molecule has 0 spiro atoms. The van der Waals surface area contributed by atoms with E-state index in [0.29, 0.717) is 11.5 Å². The monoisotopic (exact) mass is 315 g/mol. The molecule has 0 N–H and O–H groups in total. The quantitative estimate of drug-likeness (QED) is 0.532. The summed E-state index contributed by atoms with van der Waals surface area (Å²) in [5.74, 6) is 1.40. The zero-order chi connectivity index (χ0) is 16.5. The molecule has 0 aliphatic heterocycles. The fourth-order valence-electron chi connectivity index (χ4n) is 2.97. The topological polar surface area (TPSA) is 31.4 Å². The molecule has 0 bridgehead atoms. The van der Waals surface area contributed by atoms with Crippen molar-refractivity contribution in [1.82, 2.24) is 4.98 Å². The van der Waals surface area contributed by atoms with E-state index in [9.17, 15) is 0 Å². The number of hydrogen-bond acceptors (Lipinski definition) is 3. The van der Waals surface area contributed by atoms with Gasteiger partial charge in [0, 0.05) is 17.0 Å². The molecule has 24 heavy (non-hydrogen) atoms. The maximum Gasteiger partial charge on any atom is 0.162 e. The van der Waals surface area contributed by atoms with Gasteiger partial charge in [0.05, 0.1) is 25.4 Å². The fraction of sp³-hybridized carbons (Fsp3) is 0.0952. The second kappa shape index (κ2) is 5.85. The Morgan fingerprint density at radius 1 is 0.667 bits per heavy atom. The summed E-state index contributed by atoms with van der Waals surface area (Å²) in [6.07, 6.45) is 0. The van der Waals surface area contributed by atoms with Gasteiger partial charge >= 0.3 is 0 Å². The summed E-state index contributed by atoms with van der Waals surface area (Å²) in [5, 5.41) is 1.03. The Hall–Kier alpha value is -3.07. The number of benzene rings is 1. The first kappa shape index (κ1) is 14.5. The first-order valence-electron chi connectivity index (χ1n) is 7.80. The van der Waals surface area contributed by atoms with Gasteiger partial charge in [0.2, 0.25) is 0 Å². The first-order chi connectivity index (χ1) is 11.8. The van der Waals surface area contributed by atoms with E-state index >= 15 is 0 Å². The maximum absolute atomic E-state index is 5.38. The third-order valence-corrected chi connectivity index (χ3v) is 4.22. The van der Waals surface area contributed by atoms with E-state index in [2.05, 4.69) is 42.5 Å². The van der Waals surface area contributed by atoms with E-state index in [0.717, 1.165) is 22.2 Å². The molecule has 0 radical (unpaired) electrons. The van der Waals surface area contributed by atoms with Crippen molar-refractivity contribution >= 4 is 10.9 Å². The zero-order valence-electron chi connectivity index (χ0n) is 13.6. The van der Waals surface area contributed by atoms with E-state index in [1.54, 1.807) is 14.2 Å². The van der Waals surface area contributed by atoms with Crippen LogP contribution in [0.15, 0.2) is 66.7 Å². The molecule has 0 amide bonds. The highest BCUT2D eigenvalue weighted by Gasteiger charge is 2.11. The summed E-state index contributed by atoms with van der Waals surface area (Å²) >= 11 is 0. The largest absolute Gasteiger partial charge is 0.493 e. The Bertz CT molecular complexity index is 963. The number of fused-ring (bicyclic) bond motifs is 2. The van der Waals surface area contributed by atoms with Gasteiger partial charge in [-0.2, -0.15) is 0 Å². The van der Waals surface area contributed by atoms with Gasteiger partial charge < -0.3 is 9.47 Å². The minimum absolute atomic E-state index is 0.689. The molecule has 0 atom stereocenters. The van der Waals surface area contributed by atoms with E-state index < -0.39 is 0 Å². The van der Waals surface area contributed by atoms with E-state index in [-0.39, 0.29) is 0 Å². The molecule has 1 aromatic carbocycles. The van der Waals surface area contributed by atoms with Crippen molar-refractivity contribution in [3.8, 4) is 33.9 Å². The van der Waals surface area contributed by atoms with Crippen molar-refractivity contribution in [1.29, 1.82) is 0 Å². The lowest BCUT2D eigenvalue weighted by Gasteiger charge is -2.09. The van der Waals surface area contributed by atoms with Crippen LogP contribution in [0, 0.1) is 0 Å². The number of hydrogen-bond donors (Lipinski definition) is 0. The molecule has 0 fully saturated rings. The second-order valence-electron chi connectivity index (χ2n) is 5.66. The second-order valence-corrected chi connectivity index (χ2v) is 5.66. The summed E-state index contributed by atoms with van der Waals surface area (Å²) < 4.78 is 10.7. The highest BCUT2D eigenvalue weighted by atomic mass is 16.5. The molecule has 1 heterocycles. The lowest BCUT2D eigenvalue weighted by molar-refractivity contribution is 0.356. The predicted molar refractivity (Wildman–Crippen MR) is 96.9 cm³/mol. The Kier molecular flexibility index (Phi) is 3.54. The molecule has 1 aromatic heterocycles. The van der Waals surface area contributed by atoms with Crippen molar-refractivity contribution < 1.29 is 9.47 Å². The molecule has 0 saturated carbocycles. The number of aromatic nitrogens is 1. The summed E-state index contributed by atoms with van der Waals surface area (Å²) in [6.45, 7) is 0. The van der Waals surface area contributed by atoms with Crippen LogP contribution in [0.5, 0.6) is 11.5 Å². The summed E-state index contributed by atoms with van der Waals surface area (Å²) in [7, 11) is 3.28. The molecule has 0 saturated heterocycles. The third-order valence-electron chi connectivity index (χ3n) is 4.22. The van der Waals surface area contributed by atoms with Crippen LogP contribution in [0.3, 0.4) is 0 Å². The normalized spacial score (nSPS) is 10.9. The van der Waals surface area contributed by atoms with Crippen molar-refractivity contribution in [3.05, 3.63) is 66.7 Å². The Balaban J connectivity index is 1.86. The van der Waals surface area contributed by atoms with Gasteiger partial charge in [-0.3, -0.25) is 0 Å². The SMILES string of the molecule is COc1cc2ccc(-c3cc4cccccc-4c3)nc2cc1OC. The van der Waals surface area contributed by atoms with Gasteiger partial charge in [0.1, 0.15) is 0 Å². The third kappa shape index (κ3) is 2.44. The summed E-state index contributed by atoms with van der Waals surface area (Å²) in [5.41, 5.74) is 5.39. The standard InChI is InChI=1S/C21H17NO2/c1-23-20-12-16-8-9-18(22-19(16)13-21(20)24-2)17-10-14-6-4-3-5-7-15(14)11-17/h3-13H,1-2H3. The molecule has 2 aromatic rings. The Labute approximate surface area is 140 Å². The van der Waals surface area contributed by atoms with Crippen molar-refractivity contribution in [2.24, 2.45) is 0 Å². The molecule has 3 heteroatoms. The lowest BCUT2D eigenvalue weighted by atomic mass is 10.1. The maximum atomic E-state index is 5.38. The molecular formula is C21H17NO2. The average Bonchev–Trinajstić information content (AvgIpc) is 2.90. The molecule has 0 unspecified atom stereocenters. The minimum atomic E-state index is 0.689. The first-order valence-corrected chi connectivity index (χ1v) is 7.80. The van der Waals surface area contributed by atoms with Crippen molar-refractivity contribution in [3.63, 3.8) is 0 Å². The smallest absolute Gasteiger partial charge is 0.162 e. The zero-order valence-corrected chi connectivity index (χ0v) is 13.6. The highest BCUT2D eigenvalue weighted by molar-refractivity contribution is 5.86. The van der Waals surface area contributed by atoms with E-state index in [1.807, 2.05) is 24.3 Å². The van der Waals surface area contributed by atoms with Crippen molar-refractivity contribution in [2.75, 3.05) is 14.2 Å². The van der Waals surface area contributed by atoms with Gasteiger partial charge in [0.15, 0.2) is 11.5 Å². The summed E-state index contributed by atoms with van der Waals surface area (Å²) in [6, 6.07) is 22.7. The van der Waals surface area contributed by atoms with Gasteiger partial charge in [-0.25, -0.2) is 4.98 Å². The number of pyridine rings is 1. The molecule has 118 valence electrons. The van der Waals surface area contributed by atoms with Crippen LogP contribution in [0.1, 0.15) is 0 Å². The van der Waals surface area contributed by atoms with E-state index in [4.69, 9.17) is 14.5 Å². The number of rotatable bonds is 3. The lowest BCUT2D eigenvalue weighted by Crippen LogP contribution is -1.92. The van der Waals surface area contributed by atoms with Crippen LogP contribution in [0.2, 0.25) is 0 Å².